The molecule has 0 radical (unpaired) electrons. The predicted octanol–water partition coefficient (Wildman–Crippen LogP) is 2.01. The second kappa shape index (κ2) is 6.09. The van der Waals surface area contributed by atoms with Gasteiger partial charge in [-0.3, -0.25) is 4.79 Å². The Balaban J connectivity index is 1.27. The number of fused-ring (bicyclic) bond motifs is 1. The molecule has 1 N–H and O–H groups in total. The minimum atomic E-state index is -0.0781. The highest BCUT2D eigenvalue weighted by Crippen LogP contribution is 2.39. The van der Waals surface area contributed by atoms with Crippen LogP contribution in [0.4, 0.5) is 5.95 Å². The molecular formula is C19H20N6O. The van der Waals surface area contributed by atoms with Crippen LogP contribution in [0.15, 0.2) is 42.9 Å². The first-order valence-electron chi connectivity index (χ1n) is 9.09. The van der Waals surface area contributed by atoms with Crippen molar-refractivity contribution in [2.24, 2.45) is 0 Å². The number of aromatic nitrogens is 4. The zero-order chi connectivity index (χ0) is 17.5. The zero-order valence-corrected chi connectivity index (χ0v) is 14.4. The molecular weight excluding hydrogens is 328 g/mol. The second-order valence-corrected chi connectivity index (χ2v) is 7.05. The topological polar surface area (TPSA) is 75.4 Å². The first-order chi connectivity index (χ1) is 12.8. The van der Waals surface area contributed by atoms with Crippen molar-refractivity contribution in [3.05, 3.63) is 54.1 Å². The third-order valence-electron chi connectivity index (χ3n) is 5.14. The van der Waals surface area contributed by atoms with E-state index in [-0.39, 0.29) is 11.9 Å². The summed E-state index contributed by atoms with van der Waals surface area (Å²) >= 11 is 0. The van der Waals surface area contributed by atoms with Gasteiger partial charge in [0.05, 0.1) is 17.3 Å². The molecule has 7 nitrogen and oxygen atoms in total. The summed E-state index contributed by atoms with van der Waals surface area (Å²) in [6.07, 6.45) is 8.67. The SMILES string of the molecule is O=C(NC1CCN(c2nccc(C3CC3)n2)C1)c1cnn2ccccc12. The molecule has 0 aromatic carbocycles. The number of nitrogens with zero attached hydrogens (tertiary/aromatic N) is 5. The Morgan fingerprint density at radius 1 is 1.19 bits per heavy atom. The molecule has 0 bridgehead atoms. The molecule has 1 saturated heterocycles. The zero-order valence-electron chi connectivity index (χ0n) is 14.4. The van der Waals surface area contributed by atoms with Crippen molar-refractivity contribution in [3.8, 4) is 0 Å². The number of anilines is 1. The van der Waals surface area contributed by atoms with Gasteiger partial charge < -0.3 is 10.2 Å². The van der Waals surface area contributed by atoms with Crippen LogP contribution in [0.5, 0.6) is 0 Å². The van der Waals surface area contributed by atoms with Gasteiger partial charge in [0.15, 0.2) is 0 Å². The number of carbonyl (C=O) groups excluding carboxylic acids is 1. The lowest BCUT2D eigenvalue weighted by Gasteiger charge is -2.17. The van der Waals surface area contributed by atoms with Crippen molar-refractivity contribution in [3.63, 3.8) is 0 Å². The third kappa shape index (κ3) is 2.79. The van der Waals surface area contributed by atoms with E-state index in [1.165, 1.54) is 12.8 Å². The van der Waals surface area contributed by atoms with Crippen molar-refractivity contribution in [2.75, 3.05) is 18.0 Å². The molecule has 1 aliphatic heterocycles. The van der Waals surface area contributed by atoms with Crippen LogP contribution >= 0.6 is 0 Å². The Kier molecular flexibility index (Phi) is 3.58. The fraction of sp³-hybridized carbons (Fsp3) is 0.368. The van der Waals surface area contributed by atoms with E-state index in [9.17, 15) is 4.79 Å². The van der Waals surface area contributed by atoms with Crippen LogP contribution in [0.3, 0.4) is 0 Å². The van der Waals surface area contributed by atoms with Crippen LogP contribution < -0.4 is 10.2 Å². The maximum Gasteiger partial charge on any atom is 0.255 e. The maximum atomic E-state index is 12.7. The van der Waals surface area contributed by atoms with Crippen molar-refractivity contribution >= 4 is 17.4 Å². The summed E-state index contributed by atoms with van der Waals surface area (Å²) in [5, 5.41) is 7.37. The molecule has 1 unspecified atom stereocenters. The van der Waals surface area contributed by atoms with E-state index >= 15 is 0 Å². The summed E-state index contributed by atoms with van der Waals surface area (Å²) in [6, 6.07) is 7.82. The summed E-state index contributed by atoms with van der Waals surface area (Å²) in [6.45, 7) is 1.59. The molecule has 26 heavy (non-hydrogen) atoms. The average molecular weight is 348 g/mol. The number of hydrogen-bond acceptors (Lipinski definition) is 5. The van der Waals surface area contributed by atoms with Crippen molar-refractivity contribution in [2.45, 2.75) is 31.2 Å². The summed E-state index contributed by atoms with van der Waals surface area (Å²) < 4.78 is 1.72. The van der Waals surface area contributed by atoms with E-state index in [1.54, 1.807) is 10.7 Å². The van der Waals surface area contributed by atoms with Gasteiger partial charge in [0.2, 0.25) is 5.95 Å². The molecule has 0 spiro atoms. The molecule has 7 heteroatoms. The monoisotopic (exact) mass is 348 g/mol. The molecule has 4 heterocycles. The highest BCUT2D eigenvalue weighted by atomic mass is 16.1. The molecule has 1 atom stereocenters. The quantitative estimate of drug-likeness (QED) is 0.781. The minimum Gasteiger partial charge on any atom is -0.347 e. The number of nitrogens with one attached hydrogen (secondary N) is 1. The van der Waals surface area contributed by atoms with E-state index in [0.717, 1.165) is 36.7 Å². The van der Waals surface area contributed by atoms with Crippen LogP contribution in [-0.4, -0.2) is 44.6 Å². The normalized spacial score (nSPS) is 19.8. The average Bonchev–Trinajstić information content (AvgIpc) is 3.27. The number of hydrogen-bond donors (Lipinski definition) is 1. The Hall–Kier alpha value is -2.96. The van der Waals surface area contributed by atoms with Gasteiger partial charge in [-0.25, -0.2) is 14.5 Å². The number of amides is 1. The summed E-state index contributed by atoms with van der Waals surface area (Å²) in [4.78, 5) is 24.0. The molecule has 2 fully saturated rings. The van der Waals surface area contributed by atoms with E-state index in [4.69, 9.17) is 4.98 Å². The molecule has 1 saturated carbocycles. The Morgan fingerprint density at radius 3 is 3.00 bits per heavy atom. The molecule has 132 valence electrons. The van der Waals surface area contributed by atoms with Gasteiger partial charge in [0, 0.05) is 43.1 Å². The molecule has 3 aromatic heterocycles. The van der Waals surface area contributed by atoms with Crippen LogP contribution in [0.25, 0.3) is 5.52 Å². The summed E-state index contributed by atoms with van der Waals surface area (Å²) in [5.74, 6) is 1.32. The van der Waals surface area contributed by atoms with Gasteiger partial charge in [-0.2, -0.15) is 5.10 Å². The first-order valence-corrected chi connectivity index (χ1v) is 9.09. The summed E-state index contributed by atoms with van der Waals surface area (Å²) in [7, 11) is 0. The van der Waals surface area contributed by atoms with Crippen molar-refractivity contribution in [1.82, 2.24) is 24.9 Å². The molecule has 1 amide bonds. The molecule has 5 rings (SSSR count). The van der Waals surface area contributed by atoms with Gasteiger partial charge in [-0.1, -0.05) is 6.07 Å². The second-order valence-electron chi connectivity index (χ2n) is 7.05. The Labute approximate surface area is 151 Å². The lowest BCUT2D eigenvalue weighted by atomic mass is 10.2. The third-order valence-corrected chi connectivity index (χ3v) is 5.14. The van der Waals surface area contributed by atoms with E-state index in [1.807, 2.05) is 36.7 Å². The van der Waals surface area contributed by atoms with Gasteiger partial charge in [0.1, 0.15) is 0 Å². The van der Waals surface area contributed by atoms with Gasteiger partial charge in [-0.05, 0) is 37.5 Å². The maximum absolute atomic E-state index is 12.7. The summed E-state index contributed by atoms with van der Waals surface area (Å²) in [5.41, 5.74) is 2.57. The molecule has 1 aliphatic carbocycles. The standard InChI is InChI=1S/C19H20N6O/c26-18(15-11-21-25-9-2-1-3-17(15)25)22-14-7-10-24(12-14)19-20-8-6-16(23-19)13-4-5-13/h1-3,6,8-9,11,13-14H,4-5,7,10,12H2,(H,22,26). The fourth-order valence-corrected chi connectivity index (χ4v) is 3.55. The largest absolute Gasteiger partial charge is 0.347 e. The highest BCUT2D eigenvalue weighted by Gasteiger charge is 2.29. The van der Waals surface area contributed by atoms with Gasteiger partial charge in [0.25, 0.3) is 5.91 Å². The number of carbonyl (C=O) groups is 1. The highest BCUT2D eigenvalue weighted by molar-refractivity contribution is 6.00. The van der Waals surface area contributed by atoms with Gasteiger partial charge in [-0.15, -0.1) is 0 Å². The minimum absolute atomic E-state index is 0.0781. The lowest BCUT2D eigenvalue weighted by Crippen LogP contribution is -2.37. The predicted molar refractivity (Wildman–Crippen MR) is 97.3 cm³/mol. The van der Waals surface area contributed by atoms with Gasteiger partial charge >= 0.3 is 0 Å². The van der Waals surface area contributed by atoms with E-state index < -0.39 is 0 Å². The first kappa shape index (κ1) is 15.3. The van der Waals surface area contributed by atoms with Crippen LogP contribution in [-0.2, 0) is 0 Å². The lowest BCUT2D eigenvalue weighted by molar-refractivity contribution is 0.0942. The fourth-order valence-electron chi connectivity index (χ4n) is 3.55. The van der Waals surface area contributed by atoms with Crippen LogP contribution in [0.2, 0.25) is 0 Å². The number of rotatable bonds is 4. The molecule has 3 aromatic rings. The smallest absolute Gasteiger partial charge is 0.255 e. The van der Waals surface area contributed by atoms with E-state index in [0.29, 0.717) is 11.5 Å². The van der Waals surface area contributed by atoms with Crippen LogP contribution in [0.1, 0.15) is 41.2 Å². The van der Waals surface area contributed by atoms with E-state index in [2.05, 4.69) is 20.3 Å². The van der Waals surface area contributed by atoms with Crippen molar-refractivity contribution in [1.29, 1.82) is 0 Å². The van der Waals surface area contributed by atoms with Crippen LogP contribution in [0, 0.1) is 0 Å². The number of pyridine rings is 1. The van der Waals surface area contributed by atoms with Crippen molar-refractivity contribution < 1.29 is 4.79 Å². The Morgan fingerprint density at radius 2 is 2.12 bits per heavy atom. The molecule has 2 aliphatic rings. The Bertz CT molecular complexity index is 963.